The highest BCUT2D eigenvalue weighted by Crippen LogP contribution is 2.49. The summed E-state index contributed by atoms with van der Waals surface area (Å²) in [4.78, 5) is 2.58. The number of rotatable bonds is 6. The van der Waals surface area contributed by atoms with E-state index < -0.39 is 0 Å². The molecule has 3 atom stereocenters. The zero-order chi connectivity index (χ0) is 13.9. The summed E-state index contributed by atoms with van der Waals surface area (Å²) >= 11 is 0. The number of nitrogens with two attached hydrogens (primary N) is 1. The summed E-state index contributed by atoms with van der Waals surface area (Å²) in [7, 11) is 0. The maximum Gasteiger partial charge on any atom is 0.0564 e. The van der Waals surface area contributed by atoms with Gasteiger partial charge in [0.05, 0.1) is 6.10 Å². The average molecular weight is 268 g/mol. The van der Waals surface area contributed by atoms with Crippen LogP contribution in [-0.2, 0) is 0 Å². The summed E-state index contributed by atoms with van der Waals surface area (Å²) in [6, 6.07) is 0.641. The Morgan fingerprint density at radius 3 is 2.42 bits per heavy atom. The number of hydrogen-bond donors (Lipinski definition) is 2. The summed E-state index contributed by atoms with van der Waals surface area (Å²) < 4.78 is 0. The van der Waals surface area contributed by atoms with Gasteiger partial charge in [-0.05, 0) is 62.8 Å². The van der Waals surface area contributed by atoms with Crippen molar-refractivity contribution in [3.63, 3.8) is 0 Å². The summed E-state index contributed by atoms with van der Waals surface area (Å²) in [5.74, 6) is 0.897. The molecule has 2 fully saturated rings. The lowest BCUT2D eigenvalue weighted by molar-refractivity contribution is 0.0247. The number of hydrogen-bond acceptors (Lipinski definition) is 3. The van der Waals surface area contributed by atoms with E-state index in [2.05, 4.69) is 18.7 Å². The van der Waals surface area contributed by atoms with E-state index >= 15 is 0 Å². The zero-order valence-corrected chi connectivity index (χ0v) is 12.8. The van der Waals surface area contributed by atoms with Gasteiger partial charge in [0, 0.05) is 19.1 Å². The third-order valence-corrected chi connectivity index (χ3v) is 5.90. The van der Waals surface area contributed by atoms with Gasteiger partial charge in [-0.25, -0.2) is 0 Å². The largest absolute Gasteiger partial charge is 0.393 e. The monoisotopic (exact) mass is 268 g/mol. The molecule has 2 rings (SSSR count). The average Bonchev–Trinajstić information content (AvgIpc) is 2.42. The van der Waals surface area contributed by atoms with Crippen LogP contribution in [0.1, 0.15) is 58.8 Å². The minimum atomic E-state index is -0.0704. The van der Waals surface area contributed by atoms with Crippen LogP contribution < -0.4 is 5.73 Å². The second-order valence-electron chi connectivity index (χ2n) is 7.13. The van der Waals surface area contributed by atoms with Crippen molar-refractivity contribution in [2.45, 2.75) is 70.9 Å². The van der Waals surface area contributed by atoms with E-state index in [1.165, 1.54) is 25.7 Å². The minimum Gasteiger partial charge on any atom is -0.393 e. The van der Waals surface area contributed by atoms with Crippen molar-refractivity contribution < 1.29 is 5.11 Å². The molecule has 1 aliphatic carbocycles. The molecule has 0 bridgehead atoms. The topological polar surface area (TPSA) is 49.5 Å². The summed E-state index contributed by atoms with van der Waals surface area (Å²) in [6.45, 7) is 7.76. The molecule has 0 radical (unpaired) electrons. The third kappa shape index (κ3) is 3.71. The van der Waals surface area contributed by atoms with Crippen molar-refractivity contribution in [2.24, 2.45) is 17.1 Å². The van der Waals surface area contributed by atoms with Gasteiger partial charge in [-0.1, -0.05) is 13.8 Å². The molecule has 19 heavy (non-hydrogen) atoms. The first-order valence-electron chi connectivity index (χ1n) is 8.17. The zero-order valence-electron chi connectivity index (χ0n) is 12.8. The second kappa shape index (κ2) is 6.55. The molecule has 3 N–H and O–H groups in total. The first kappa shape index (κ1) is 15.3. The fraction of sp³-hybridized carbons (Fsp3) is 1.00. The van der Waals surface area contributed by atoms with E-state index in [0.29, 0.717) is 11.5 Å². The summed E-state index contributed by atoms with van der Waals surface area (Å²) in [5, 5.41) is 9.63. The predicted octanol–water partition coefficient (Wildman–Crippen LogP) is 2.38. The van der Waals surface area contributed by atoms with Gasteiger partial charge in [-0.2, -0.15) is 0 Å². The minimum absolute atomic E-state index is 0.0704. The molecule has 1 saturated carbocycles. The first-order valence-corrected chi connectivity index (χ1v) is 8.17. The normalized spacial score (nSPS) is 35.1. The molecule has 112 valence electrons. The molecular weight excluding hydrogens is 236 g/mol. The van der Waals surface area contributed by atoms with E-state index in [9.17, 15) is 5.11 Å². The van der Waals surface area contributed by atoms with Crippen LogP contribution in [0.25, 0.3) is 0 Å². The molecule has 0 spiro atoms. The Balaban J connectivity index is 1.82. The van der Waals surface area contributed by atoms with Crippen LogP contribution in [0.5, 0.6) is 0 Å². The number of aliphatic hydroxyl groups excluding tert-OH is 1. The molecule has 0 aromatic carbocycles. The molecule has 0 amide bonds. The number of piperidine rings is 1. The van der Waals surface area contributed by atoms with Crippen molar-refractivity contribution in [1.82, 2.24) is 4.90 Å². The van der Waals surface area contributed by atoms with E-state index in [1.54, 1.807) is 0 Å². The second-order valence-corrected chi connectivity index (χ2v) is 7.13. The Morgan fingerprint density at radius 2 is 1.95 bits per heavy atom. The van der Waals surface area contributed by atoms with Crippen LogP contribution in [0.3, 0.4) is 0 Å². The lowest BCUT2D eigenvalue weighted by Gasteiger charge is -2.47. The van der Waals surface area contributed by atoms with Gasteiger partial charge in [0.1, 0.15) is 0 Å². The molecule has 0 aromatic rings. The third-order valence-electron chi connectivity index (χ3n) is 5.90. The summed E-state index contributed by atoms with van der Waals surface area (Å²) in [6.07, 6.45) is 8.37. The van der Waals surface area contributed by atoms with E-state index in [1.807, 2.05) is 0 Å². The van der Waals surface area contributed by atoms with Gasteiger partial charge in [-0.3, -0.25) is 0 Å². The number of aliphatic hydroxyl groups is 1. The van der Waals surface area contributed by atoms with Gasteiger partial charge in [0.15, 0.2) is 0 Å². The van der Waals surface area contributed by atoms with Gasteiger partial charge in [0.25, 0.3) is 0 Å². The maximum absolute atomic E-state index is 9.63. The molecule has 3 nitrogen and oxygen atoms in total. The smallest absolute Gasteiger partial charge is 0.0564 e. The van der Waals surface area contributed by atoms with E-state index in [4.69, 9.17) is 5.73 Å². The highest BCUT2D eigenvalue weighted by atomic mass is 16.3. The van der Waals surface area contributed by atoms with Crippen molar-refractivity contribution >= 4 is 0 Å². The Bertz CT molecular complexity index is 276. The Morgan fingerprint density at radius 1 is 1.26 bits per heavy atom. The fourth-order valence-electron chi connectivity index (χ4n) is 3.75. The fourth-order valence-corrected chi connectivity index (χ4v) is 3.75. The van der Waals surface area contributed by atoms with Crippen LogP contribution in [0.2, 0.25) is 0 Å². The van der Waals surface area contributed by atoms with Gasteiger partial charge >= 0.3 is 0 Å². The molecule has 1 aliphatic heterocycles. The predicted molar refractivity (Wildman–Crippen MR) is 80.0 cm³/mol. The van der Waals surface area contributed by atoms with Gasteiger partial charge < -0.3 is 15.7 Å². The molecular formula is C16H32N2O. The number of nitrogens with zero attached hydrogens (tertiary/aromatic N) is 1. The first-order chi connectivity index (χ1) is 9.05. The van der Waals surface area contributed by atoms with E-state index in [-0.39, 0.29) is 6.10 Å². The molecule has 3 unspecified atom stereocenters. The molecule has 0 aromatic heterocycles. The maximum atomic E-state index is 9.63. The summed E-state index contributed by atoms with van der Waals surface area (Å²) in [5.41, 5.74) is 6.39. The molecule has 3 heteroatoms. The highest BCUT2D eigenvalue weighted by Gasteiger charge is 2.39. The Kier molecular flexibility index (Phi) is 5.27. The van der Waals surface area contributed by atoms with Crippen LogP contribution in [0, 0.1) is 11.3 Å². The standard InChI is InChI=1S/C16H32N2O/c1-13-3-8-16(13,2)9-4-14(5-10-17)18-11-6-15(19)7-12-18/h13-15,19H,3-12,17H2,1-2H3. The SMILES string of the molecule is CC1CCC1(C)CCC(CCN)N1CCC(O)CC1. The lowest BCUT2D eigenvalue weighted by Crippen LogP contribution is -2.45. The molecule has 1 heterocycles. The quantitative estimate of drug-likeness (QED) is 0.777. The van der Waals surface area contributed by atoms with Crippen molar-refractivity contribution in [3.05, 3.63) is 0 Å². The Labute approximate surface area is 118 Å². The molecule has 1 saturated heterocycles. The van der Waals surface area contributed by atoms with Crippen LogP contribution in [0.4, 0.5) is 0 Å². The van der Waals surface area contributed by atoms with Crippen LogP contribution in [-0.4, -0.2) is 41.8 Å². The lowest BCUT2D eigenvalue weighted by atomic mass is 9.59. The van der Waals surface area contributed by atoms with Crippen molar-refractivity contribution in [3.8, 4) is 0 Å². The van der Waals surface area contributed by atoms with Crippen molar-refractivity contribution in [1.29, 1.82) is 0 Å². The highest BCUT2D eigenvalue weighted by molar-refractivity contribution is 4.91. The molecule has 2 aliphatic rings. The van der Waals surface area contributed by atoms with Crippen LogP contribution in [0.15, 0.2) is 0 Å². The van der Waals surface area contributed by atoms with Crippen LogP contribution >= 0.6 is 0 Å². The van der Waals surface area contributed by atoms with Gasteiger partial charge in [0.2, 0.25) is 0 Å². The van der Waals surface area contributed by atoms with E-state index in [0.717, 1.165) is 44.8 Å². The Hall–Kier alpha value is -0.120. The van der Waals surface area contributed by atoms with Crippen molar-refractivity contribution in [2.75, 3.05) is 19.6 Å². The number of likely N-dealkylation sites (tertiary alicyclic amines) is 1. The van der Waals surface area contributed by atoms with Gasteiger partial charge in [-0.15, -0.1) is 0 Å².